The smallest absolute Gasteiger partial charge is 0.263 e. The van der Waals surface area contributed by atoms with Crippen LogP contribution in [0.2, 0.25) is 5.02 Å². The number of amides is 2. The molecular formula is C26H20ClNO3. The van der Waals surface area contributed by atoms with Crippen LogP contribution in [0.4, 0.5) is 0 Å². The van der Waals surface area contributed by atoms with Crippen molar-refractivity contribution in [3.05, 3.63) is 112 Å². The second kappa shape index (κ2) is 7.49. The molecule has 5 heteroatoms. The molecule has 0 aliphatic carbocycles. The summed E-state index contributed by atoms with van der Waals surface area (Å²) in [5.74, 6) is -0.651. The van der Waals surface area contributed by atoms with Crippen molar-refractivity contribution in [1.82, 2.24) is 4.90 Å². The van der Waals surface area contributed by atoms with Crippen LogP contribution in [0.25, 0.3) is 6.08 Å². The first kappa shape index (κ1) is 19.7. The van der Waals surface area contributed by atoms with Crippen LogP contribution in [0.3, 0.4) is 0 Å². The standard InChI is InChI=1S/C26H20ClNO3/c1-26(19-11-13-20(27)14-12-19)22-10-6-5-9-18(22)15-21-23(31-26)25(30)28(24(21)29)16-17-7-3-2-4-8-17/h2-15,23H,16H2,1H3. The van der Waals surface area contributed by atoms with E-state index in [2.05, 4.69) is 0 Å². The Kier molecular flexibility index (Phi) is 4.77. The van der Waals surface area contributed by atoms with E-state index in [0.29, 0.717) is 10.6 Å². The predicted octanol–water partition coefficient (Wildman–Crippen LogP) is 4.95. The molecule has 2 aliphatic rings. The van der Waals surface area contributed by atoms with E-state index in [1.54, 1.807) is 18.2 Å². The molecule has 0 spiro atoms. The van der Waals surface area contributed by atoms with Crippen LogP contribution in [0.5, 0.6) is 0 Å². The van der Waals surface area contributed by atoms with Gasteiger partial charge in [0.25, 0.3) is 11.8 Å². The summed E-state index contributed by atoms with van der Waals surface area (Å²) in [7, 11) is 0. The molecule has 3 aromatic carbocycles. The number of hydrogen-bond donors (Lipinski definition) is 0. The average molecular weight is 430 g/mol. The molecule has 2 amide bonds. The highest BCUT2D eigenvalue weighted by Gasteiger charge is 2.49. The Hall–Kier alpha value is -3.21. The average Bonchev–Trinajstić information content (AvgIpc) is 2.92. The van der Waals surface area contributed by atoms with E-state index in [1.807, 2.05) is 73.7 Å². The zero-order valence-corrected chi connectivity index (χ0v) is 17.7. The molecule has 3 aromatic rings. The van der Waals surface area contributed by atoms with Gasteiger partial charge in [0.15, 0.2) is 6.10 Å². The fourth-order valence-corrected chi connectivity index (χ4v) is 4.45. The maximum atomic E-state index is 13.3. The Labute approximate surface area is 185 Å². The second-order valence-electron chi connectivity index (χ2n) is 7.94. The van der Waals surface area contributed by atoms with Gasteiger partial charge in [-0.3, -0.25) is 14.5 Å². The molecule has 0 aromatic heterocycles. The van der Waals surface area contributed by atoms with E-state index in [9.17, 15) is 9.59 Å². The van der Waals surface area contributed by atoms with Crippen LogP contribution >= 0.6 is 11.6 Å². The van der Waals surface area contributed by atoms with Gasteiger partial charge in [0.05, 0.1) is 12.1 Å². The highest BCUT2D eigenvalue weighted by Crippen LogP contribution is 2.43. The zero-order valence-electron chi connectivity index (χ0n) is 16.9. The third kappa shape index (κ3) is 3.29. The quantitative estimate of drug-likeness (QED) is 0.553. The number of hydrogen-bond acceptors (Lipinski definition) is 3. The van der Waals surface area contributed by atoms with E-state index < -0.39 is 11.7 Å². The first-order valence-corrected chi connectivity index (χ1v) is 10.5. The molecule has 154 valence electrons. The molecule has 0 saturated carbocycles. The lowest BCUT2D eigenvalue weighted by Gasteiger charge is -2.33. The summed E-state index contributed by atoms with van der Waals surface area (Å²) < 4.78 is 6.50. The maximum absolute atomic E-state index is 13.3. The molecule has 0 bridgehead atoms. The Bertz CT molecular complexity index is 1200. The maximum Gasteiger partial charge on any atom is 0.263 e. The summed E-state index contributed by atoms with van der Waals surface area (Å²) in [4.78, 5) is 27.9. The number of likely N-dealkylation sites (tertiary alicyclic amines) is 1. The highest BCUT2D eigenvalue weighted by atomic mass is 35.5. The normalized spacial score (nSPS) is 22.6. The van der Waals surface area contributed by atoms with Crippen LogP contribution in [-0.2, 0) is 26.5 Å². The van der Waals surface area contributed by atoms with Gasteiger partial charge >= 0.3 is 0 Å². The van der Waals surface area contributed by atoms with Gasteiger partial charge in [-0.25, -0.2) is 0 Å². The topological polar surface area (TPSA) is 46.6 Å². The van der Waals surface area contributed by atoms with Gasteiger partial charge in [0.2, 0.25) is 0 Å². The minimum atomic E-state index is -0.968. The summed E-state index contributed by atoms with van der Waals surface area (Å²) in [6, 6.07) is 24.6. The number of nitrogens with zero attached hydrogens (tertiary/aromatic N) is 1. The minimum Gasteiger partial charge on any atom is -0.348 e. The molecule has 2 atom stereocenters. The molecule has 31 heavy (non-hydrogen) atoms. The summed E-state index contributed by atoms with van der Waals surface area (Å²) in [5, 5.41) is 0.620. The van der Waals surface area contributed by atoms with Gasteiger partial charge in [-0.05, 0) is 47.4 Å². The highest BCUT2D eigenvalue weighted by molar-refractivity contribution is 6.30. The Morgan fingerprint density at radius 1 is 0.935 bits per heavy atom. The molecule has 2 heterocycles. The Morgan fingerprint density at radius 2 is 1.61 bits per heavy atom. The molecule has 0 radical (unpaired) electrons. The van der Waals surface area contributed by atoms with Gasteiger partial charge in [-0.1, -0.05) is 78.3 Å². The predicted molar refractivity (Wildman–Crippen MR) is 119 cm³/mol. The van der Waals surface area contributed by atoms with Crippen LogP contribution in [0.1, 0.15) is 29.2 Å². The molecule has 5 rings (SSSR count). The van der Waals surface area contributed by atoms with E-state index in [4.69, 9.17) is 16.3 Å². The van der Waals surface area contributed by atoms with Crippen molar-refractivity contribution in [1.29, 1.82) is 0 Å². The number of ether oxygens (including phenoxy) is 1. The lowest BCUT2D eigenvalue weighted by molar-refractivity contribution is -0.147. The number of imide groups is 1. The minimum absolute atomic E-state index is 0.217. The van der Waals surface area contributed by atoms with Gasteiger partial charge in [0.1, 0.15) is 5.60 Å². The Balaban J connectivity index is 1.60. The zero-order chi connectivity index (χ0) is 21.6. The van der Waals surface area contributed by atoms with E-state index in [-0.39, 0.29) is 18.4 Å². The van der Waals surface area contributed by atoms with Crippen LogP contribution in [0, 0.1) is 0 Å². The monoisotopic (exact) mass is 429 g/mol. The first-order chi connectivity index (χ1) is 15.0. The van der Waals surface area contributed by atoms with Crippen LogP contribution in [0.15, 0.2) is 84.4 Å². The third-order valence-corrected chi connectivity index (χ3v) is 6.23. The van der Waals surface area contributed by atoms with Crippen LogP contribution < -0.4 is 0 Å². The number of carbonyl (C=O) groups is 2. The molecule has 1 saturated heterocycles. The van der Waals surface area contributed by atoms with Crippen molar-refractivity contribution >= 4 is 29.5 Å². The summed E-state index contributed by atoms with van der Waals surface area (Å²) in [6.45, 7) is 2.15. The van der Waals surface area contributed by atoms with Crippen molar-refractivity contribution in [2.24, 2.45) is 0 Å². The SMILES string of the molecule is CC1(c2ccc(Cl)cc2)OC2C(=O)N(Cc3ccccc3)C(=O)C2=Cc2ccccc21. The molecule has 2 aliphatic heterocycles. The summed E-state index contributed by atoms with van der Waals surface area (Å²) in [5.41, 5.74) is 2.95. The van der Waals surface area contributed by atoms with Gasteiger partial charge < -0.3 is 4.74 Å². The Morgan fingerprint density at radius 3 is 2.35 bits per heavy atom. The number of halogens is 1. The summed E-state index contributed by atoms with van der Waals surface area (Å²) in [6.07, 6.45) is 0.830. The lowest BCUT2D eigenvalue weighted by Crippen LogP contribution is -2.38. The van der Waals surface area contributed by atoms with Crippen molar-refractivity contribution in [3.63, 3.8) is 0 Å². The number of carbonyl (C=O) groups excluding carboxylic acids is 2. The van der Waals surface area contributed by atoms with E-state index in [0.717, 1.165) is 22.3 Å². The molecule has 0 N–H and O–H groups in total. The van der Waals surface area contributed by atoms with Crippen LogP contribution in [-0.4, -0.2) is 22.8 Å². The lowest BCUT2D eigenvalue weighted by atomic mass is 9.85. The van der Waals surface area contributed by atoms with Crippen molar-refractivity contribution in [3.8, 4) is 0 Å². The molecule has 2 unspecified atom stereocenters. The van der Waals surface area contributed by atoms with Gasteiger partial charge in [-0.15, -0.1) is 0 Å². The van der Waals surface area contributed by atoms with E-state index in [1.165, 1.54) is 4.90 Å². The third-order valence-electron chi connectivity index (χ3n) is 5.98. The second-order valence-corrected chi connectivity index (χ2v) is 8.38. The molecular weight excluding hydrogens is 410 g/mol. The number of benzene rings is 3. The van der Waals surface area contributed by atoms with E-state index >= 15 is 0 Å². The fourth-order valence-electron chi connectivity index (χ4n) is 4.33. The van der Waals surface area contributed by atoms with Crippen molar-refractivity contribution in [2.45, 2.75) is 25.2 Å². The van der Waals surface area contributed by atoms with Crippen molar-refractivity contribution in [2.75, 3.05) is 0 Å². The fraction of sp³-hybridized carbons (Fsp3) is 0.154. The molecule has 4 nitrogen and oxygen atoms in total. The van der Waals surface area contributed by atoms with Gasteiger partial charge in [0, 0.05) is 5.02 Å². The largest absolute Gasteiger partial charge is 0.348 e. The summed E-state index contributed by atoms with van der Waals surface area (Å²) >= 11 is 6.10. The first-order valence-electron chi connectivity index (χ1n) is 10.1. The molecule has 1 fully saturated rings. The number of rotatable bonds is 3. The van der Waals surface area contributed by atoms with Crippen molar-refractivity contribution < 1.29 is 14.3 Å². The van der Waals surface area contributed by atoms with Gasteiger partial charge in [-0.2, -0.15) is 0 Å². The number of fused-ring (bicyclic) bond motifs is 2.